The van der Waals surface area contributed by atoms with E-state index in [4.69, 9.17) is 9.47 Å². The van der Waals surface area contributed by atoms with E-state index in [1.54, 1.807) is 25.1 Å². The van der Waals surface area contributed by atoms with Crippen LogP contribution in [0.25, 0.3) is 6.08 Å². The molecule has 0 bridgehead atoms. The van der Waals surface area contributed by atoms with Gasteiger partial charge in [0.1, 0.15) is 23.2 Å². The molecule has 9 nitrogen and oxygen atoms in total. The second-order valence-electron chi connectivity index (χ2n) is 6.86. The van der Waals surface area contributed by atoms with E-state index in [9.17, 15) is 19.5 Å². The summed E-state index contributed by atoms with van der Waals surface area (Å²) in [7, 11) is 1.24. The number of cyclic esters (lactones) is 1. The molecule has 1 aromatic rings. The Kier molecular flexibility index (Phi) is 11.8. The zero-order valence-electron chi connectivity index (χ0n) is 17.8. The average molecular weight is 438 g/mol. The SMILES string of the molecule is COC(=O)COc1cc(O)c2c(c1)/C=C/CCCC(=O)/C=C\[C@@H](C)[C@H](C)OC2=O.O.O. The van der Waals surface area contributed by atoms with Crippen molar-refractivity contribution in [1.29, 1.82) is 0 Å². The summed E-state index contributed by atoms with van der Waals surface area (Å²) in [6.45, 7) is 3.24. The Morgan fingerprint density at radius 2 is 1.90 bits per heavy atom. The number of phenolic OH excluding ortho intramolecular Hbond substituents is 1. The number of phenols is 1. The van der Waals surface area contributed by atoms with Crippen LogP contribution in [0.1, 0.15) is 49.0 Å². The lowest BCUT2D eigenvalue weighted by atomic mass is 10.0. The number of fused-ring (bicyclic) bond motifs is 1. The van der Waals surface area contributed by atoms with E-state index in [0.717, 1.165) is 0 Å². The zero-order chi connectivity index (χ0) is 21.4. The second kappa shape index (κ2) is 13.2. The number of rotatable bonds is 3. The van der Waals surface area contributed by atoms with Crippen LogP contribution in [-0.4, -0.2) is 53.6 Å². The number of carbonyl (C=O) groups is 3. The van der Waals surface area contributed by atoms with Crippen LogP contribution < -0.4 is 4.74 Å². The maximum Gasteiger partial charge on any atom is 0.343 e. The van der Waals surface area contributed by atoms with Crippen LogP contribution in [-0.2, 0) is 19.1 Å². The summed E-state index contributed by atoms with van der Waals surface area (Å²) in [6.07, 6.45) is 7.93. The fourth-order valence-corrected chi connectivity index (χ4v) is 2.70. The fourth-order valence-electron chi connectivity index (χ4n) is 2.70. The van der Waals surface area contributed by atoms with E-state index >= 15 is 0 Å². The molecule has 2 atom stereocenters. The van der Waals surface area contributed by atoms with Crippen LogP contribution in [0.2, 0.25) is 0 Å². The first kappa shape index (κ1) is 27.8. The average Bonchev–Trinajstić information content (AvgIpc) is 2.68. The molecule has 0 fully saturated rings. The van der Waals surface area contributed by atoms with Gasteiger partial charge in [-0.15, -0.1) is 0 Å². The summed E-state index contributed by atoms with van der Waals surface area (Å²) in [5, 5.41) is 10.4. The maximum absolute atomic E-state index is 12.7. The van der Waals surface area contributed by atoms with Crippen molar-refractivity contribution in [2.24, 2.45) is 5.92 Å². The van der Waals surface area contributed by atoms with E-state index in [1.165, 1.54) is 19.3 Å². The minimum atomic E-state index is -0.683. The third-order valence-electron chi connectivity index (χ3n) is 4.62. The fraction of sp³-hybridized carbons (Fsp3) is 0.409. The topological polar surface area (TPSA) is 162 Å². The highest BCUT2D eigenvalue weighted by atomic mass is 16.6. The third kappa shape index (κ3) is 8.23. The Labute approximate surface area is 180 Å². The molecule has 1 heterocycles. The van der Waals surface area contributed by atoms with Crippen LogP contribution in [0.3, 0.4) is 0 Å². The number of esters is 2. The van der Waals surface area contributed by atoms with Gasteiger partial charge in [-0.05, 0) is 37.5 Å². The molecule has 1 aliphatic heterocycles. The Morgan fingerprint density at radius 1 is 1.19 bits per heavy atom. The van der Waals surface area contributed by atoms with Gasteiger partial charge in [-0.3, -0.25) is 4.79 Å². The van der Waals surface area contributed by atoms with Crippen LogP contribution in [0.15, 0.2) is 30.4 Å². The van der Waals surface area contributed by atoms with Gasteiger partial charge in [-0.2, -0.15) is 0 Å². The standard InChI is InChI=1S/C22H26O7.2H2O/c1-14-9-10-17(23)8-6-4-5-7-16-11-18(28-13-20(25)27-3)12-19(24)21(16)22(26)29-15(14)2;;/h5,7,9-12,14-15,24H,4,6,8,13H2,1-3H3;2*1H2/b7-5+,10-9-;;/t14-,15+;;/m1../s1. The third-order valence-corrected chi connectivity index (χ3v) is 4.62. The number of carbonyl (C=O) groups excluding carboxylic acids is 3. The number of ether oxygens (including phenoxy) is 3. The van der Waals surface area contributed by atoms with Gasteiger partial charge in [0.05, 0.1) is 7.11 Å². The van der Waals surface area contributed by atoms with Crippen molar-refractivity contribution in [3.63, 3.8) is 0 Å². The highest BCUT2D eigenvalue weighted by Crippen LogP contribution is 2.31. The van der Waals surface area contributed by atoms with Gasteiger partial charge in [0.2, 0.25) is 0 Å². The smallest absolute Gasteiger partial charge is 0.343 e. The molecule has 1 aliphatic rings. The molecule has 1 aromatic carbocycles. The molecule has 0 aliphatic carbocycles. The van der Waals surface area contributed by atoms with Gasteiger partial charge in [-0.25, -0.2) is 9.59 Å². The number of benzene rings is 1. The molecule has 172 valence electrons. The lowest BCUT2D eigenvalue weighted by Gasteiger charge is -2.19. The normalized spacial score (nSPS) is 21.1. The monoisotopic (exact) mass is 438 g/mol. The summed E-state index contributed by atoms with van der Waals surface area (Å²) >= 11 is 0. The molecule has 31 heavy (non-hydrogen) atoms. The second-order valence-corrected chi connectivity index (χ2v) is 6.86. The number of allylic oxidation sites excluding steroid dienone is 2. The zero-order valence-corrected chi connectivity index (χ0v) is 17.8. The Balaban J connectivity index is 0.00000450. The predicted molar refractivity (Wildman–Crippen MR) is 114 cm³/mol. The van der Waals surface area contributed by atoms with E-state index in [0.29, 0.717) is 24.8 Å². The van der Waals surface area contributed by atoms with Crippen molar-refractivity contribution in [1.82, 2.24) is 0 Å². The molecule has 0 unspecified atom stereocenters. The molecule has 2 rings (SSSR count). The van der Waals surface area contributed by atoms with E-state index in [-0.39, 0.29) is 46.3 Å². The maximum atomic E-state index is 12.7. The molecule has 5 N–H and O–H groups in total. The molecule has 0 saturated heterocycles. The van der Waals surface area contributed by atoms with E-state index in [2.05, 4.69) is 4.74 Å². The number of aromatic hydroxyl groups is 1. The Morgan fingerprint density at radius 3 is 2.58 bits per heavy atom. The quantitative estimate of drug-likeness (QED) is 0.703. The number of hydrogen-bond acceptors (Lipinski definition) is 7. The van der Waals surface area contributed by atoms with Gasteiger partial charge in [0, 0.05) is 18.4 Å². The molecule has 0 spiro atoms. The molecule has 0 aromatic heterocycles. The molecular weight excluding hydrogens is 408 g/mol. The van der Waals surface area contributed by atoms with Gasteiger partial charge in [0.25, 0.3) is 0 Å². The van der Waals surface area contributed by atoms with Crippen molar-refractivity contribution in [2.45, 2.75) is 39.2 Å². The summed E-state index contributed by atoms with van der Waals surface area (Å²) in [4.78, 5) is 35.9. The molecule has 0 saturated carbocycles. The Bertz CT molecular complexity index is 827. The lowest BCUT2D eigenvalue weighted by molar-refractivity contribution is -0.142. The molecule has 0 amide bonds. The highest BCUT2D eigenvalue weighted by molar-refractivity contribution is 5.97. The lowest BCUT2D eigenvalue weighted by Crippen LogP contribution is -2.22. The summed E-state index contributed by atoms with van der Waals surface area (Å²) in [5.41, 5.74) is 0.413. The van der Waals surface area contributed by atoms with Gasteiger partial charge < -0.3 is 30.3 Å². The van der Waals surface area contributed by atoms with Crippen LogP contribution in [0.4, 0.5) is 0 Å². The number of ketones is 1. The number of hydrogen-bond donors (Lipinski definition) is 1. The van der Waals surface area contributed by atoms with Crippen molar-refractivity contribution in [3.05, 3.63) is 41.5 Å². The summed E-state index contributed by atoms with van der Waals surface area (Å²) < 4.78 is 15.4. The van der Waals surface area contributed by atoms with Gasteiger partial charge in [0.15, 0.2) is 12.4 Å². The first-order valence-electron chi connectivity index (χ1n) is 9.47. The van der Waals surface area contributed by atoms with E-state index < -0.39 is 18.0 Å². The van der Waals surface area contributed by atoms with Crippen molar-refractivity contribution in [2.75, 3.05) is 13.7 Å². The van der Waals surface area contributed by atoms with Crippen LogP contribution in [0.5, 0.6) is 11.5 Å². The Hall–Kier alpha value is -3.17. The highest BCUT2D eigenvalue weighted by Gasteiger charge is 2.23. The minimum Gasteiger partial charge on any atom is -0.507 e. The summed E-state index contributed by atoms with van der Waals surface area (Å²) in [5.74, 6) is -1.50. The number of methoxy groups -OCH3 is 1. The molecule has 9 heteroatoms. The molecule has 0 radical (unpaired) electrons. The van der Waals surface area contributed by atoms with Crippen molar-refractivity contribution in [3.8, 4) is 11.5 Å². The first-order chi connectivity index (χ1) is 13.8. The van der Waals surface area contributed by atoms with Crippen LogP contribution >= 0.6 is 0 Å². The minimum absolute atomic E-state index is 0. The van der Waals surface area contributed by atoms with Gasteiger partial charge >= 0.3 is 11.9 Å². The van der Waals surface area contributed by atoms with Gasteiger partial charge in [-0.1, -0.05) is 25.2 Å². The summed E-state index contributed by atoms with van der Waals surface area (Å²) in [6, 6.07) is 2.80. The largest absolute Gasteiger partial charge is 0.507 e. The van der Waals surface area contributed by atoms with Crippen molar-refractivity contribution >= 4 is 23.8 Å². The molecular formula is C22H30O9. The van der Waals surface area contributed by atoms with Crippen LogP contribution in [0, 0.1) is 5.92 Å². The predicted octanol–water partition coefficient (Wildman–Crippen LogP) is 1.80. The van der Waals surface area contributed by atoms with E-state index in [1.807, 2.05) is 13.0 Å². The first-order valence-corrected chi connectivity index (χ1v) is 9.47. The van der Waals surface area contributed by atoms with Crippen molar-refractivity contribution < 1.29 is 44.7 Å².